The Kier molecular flexibility index (Phi) is 3.94. The summed E-state index contributed by atoms with van der Waals surface area (Å²) >= 11 is 1.67. The van der Waals surface area contributed by atoms with Crippen molar-refractivity contribution in [2.75, 3.05) is 25.0 Å². The predicted molar refractivity (Wildman–Crippen MR) is 80.8 cm³/mol. The largest absolute Gasteiger partial charge is 0.367 e. The molecule has 2 aromatic heterocycles. The van der Waals surface area contributed by atoms with Gasteiger partial charge in [0.25, 0.3) is 0 Å². The van der Waals surface area contributed by atoms with E-state index in [9.17, 15) is 0 Å². The topological polar surface area (TPSA) is 41.0 Å². The molecule has 2 aromatic rings. The van der Waals surface area contributed by atoms with E-state index in [0.29, 0.717) is 6.04 Å². The normalized spacial score (nSPS) is 17.9. The van der Waals surface area contributed by atoms with Crippen LogP contribution in [0.25, 0.3) is 10.2 Å². The van der Waals surface area contributed by atoms with Crippen LogP contribution in [0.4, 0.5) is 5.82 Å². The standard InChI is InChI=1S/C14H20N4S/c1-2-6-18-7-3-11(4-8-18)17-13-12-5-9-19-14(12)16-10-15-13/h5,9-11H,2-4,6-8H2,1H3,(H,15,16,17). The molecule has 1 saturated heterocycles. The zero-order chi connectivity index (χ0) is 13.1. The van der Waals surface area contributed by atoms with E-state index in [1.807, 2.05) is 0 Å². The average molecular weight is 276 g/mol. The number of likely N-dealkylation sites (tertiary alicyclic amines) is 1. The summed E-state index contributed by atoms with van der Waals surface area (Å²) < 4.78 is 0. The van der Waals surface area contributed by atoms with Crippen molar-refractivity contribution < 1.29 is 0 Å². The fourth-order valence-electron chi connectivity index (χ4n) is 2.72. The third-order valence-electron chi connectivity index (χ3n) is 3.73. The Bertz CT molecular complexity index is 531. The second kappa shape index (κ2) is 5.84. The number of piperidine rings is 1. The molecule has 0 atom stereocenters. The molecular formula is C14H20N4S. The van der Waals surface area contributed by atoms with E-state index in [0.717, 1.165) is 16.0 Å². The van der Waals surface area contributed by atoms with Crippen molar-refractivity contribution in [2.45, 2.75) is 32.2 Å². The molecule has 3 rings (SSSR count). The lowest BCUT2D eigenvalue weighted by Crippen LogP contribution is -2.39. The fraction of sp³-hybridized carbons (Fsp3) is 0.571. The number of fused-ring (bicyclic) bond motifs is 1. The molecular weight excluding hydrogens is 256 g/mol. The minimum Gasteiger partial charge on any atom is -0.367 e. The highest BCUT2D eigenvalue weighted by Crippen LogP contribution is 2.25. The number of thiophene rings is 1. The van der Waals surface area contributed by atoms with Gasteiger partial charge in [-0.1, -0.05) is 6.92 Å². The van der Waals surface area contributed by atoms with Gasteiger partial charge in [-0.2, -0.15) is 0 Å². The van der Waals surface area contributed by atoms with Gasteiger partial charge in [0.05, 0.1) is 5.39 Å². The van der Waals surface area contributed by atoms with Crippen molar-refractivity contribution in [3.05, 3.63) is 17.8 Å². The van der Waals surface area contributed by atoms with E-state index in [4.69, 9.17) is 0 Å². The molecule has 4 nitrogen and oxygen atoms in total. The fourth-order valence-corrected chi connectivity index (χ4v) is 3.45. The average Bonchev–Trinajstić information content (AvgIpc) is 2.91. The Morgan fingerprint density at radius 2 is 2.21 bits per heavy atom. The molecule has 0 amide bonds. The highest BCUT2D eigenvalue weighted by Gasteiger charge is 2.19. The first-order valence-corrected chi connectivity index (χ1v) is 7.92. The van der Waals surface area contributed by atoms with Crippen LogP contribution in [-0.4, -0.2) is 40.5 Å². The Morgan fingerprint density at radius 1 is 1.37 bits per heavy atom. The molecule has 0 bridgehead atoms. The zero-order valence-electron chi connectivity index (χ0n) is 11.3. The first kappa shape index (κ1) is 12.8. The van der Waals surface area contributed by atoms with Crippen LogP contribution in [0.3, 0.4) is 0 Å². The molecule has 0 unspecified atom stereocenters. The van der Waals surface area contributed by atoms with Crippen molar-refractivity contribution in [1.82, 2.24) is 14.9 Å². The second-order valence-corrected chi connectivity index (χ2v) is 6.02. The van der Waals surface area contributed by atoms with Gasteiger partial charge in [0.2, 0.25) is 0 Å². The highest BCUT2D eigenvalue weighted by atomic mass is 32.1. The van der Waals surface area contributed by atoms with Gasteiger partial charge in [0.15, 0.2) is 0 Å². The SMILES string of the molecule is CCCN1CCC(Nc2ncnc3sccc23)CC1. The lowest BCUT2D eigenvalue weighted by molar-refractivity contribution is 0.219. The van der Waals surface area contributed by atoms with Gasteiger partial charge < -0.3 is 10.2 Å². The molecule has 0 aromatic carbocycles. The molecule has 1 fully saturated rings. The van der Waals surface area contributed by atoms with Gasteiger partial charge in [0, 0.05) is 19.1 Å². The summed E-state index contributed by atoms with van der Waals surface area (Å²) in [7, 11) is 0. The molecule has 1 aliphatic heterocycles. The number of hydrogen-bond donors (Lipinski definition) is 1. The molecule has 0 saturated carbocycles. The monoisotopic (exact) mass is 276 g/mol. The van der Waals surface area contributed by atoms with E-state index in [1.165, 1.54) is 38.9 Å². The second-order valence-electron chi connectivity index (χ2n) is 5.12. The Hall–Kier alpha value is -1.20. The lowest BCUT2D eigenvalue weighted by Gasteiger charge is -2.32. The summed E-state index contributed by atoms with van der Waals surface area (Å²) in [5.41, 5.74) is 0. The Balaban J connectivity index is 1.65. The van der Waals surface area contributed by atoms with Gasteiger partial charge in [0.1, 0.15) is 17.0 Å². The maximum absolute atomic E-state index is 4.40. The van der Waals surface area contributed by atoms with E-state index < -0.39 is 0 Å². The predicted octanol–water partition coefficient (Wildman–Crippen LogP) is 2.98. The summed E-state index contributed by atoms with van der Waals surface area (Å²) in [6.45, 7) is 5.88. The van der Waals surface area contributed by atoms with E-state index >= 15 is 0 Å². The third-order valence-corrected chi connectivity index (χ3v) is 4.55. The summed E-state index contributed by atoms with van der Waals surface area (Å²) in [6, 6.07) is 2.65. The van der Waals surface area contributed by atoms with Gasteiger partial charge >= 0.3 is 0 Å². The molecule has 0 spiro atoms. The van der Waals surface area contributed by atoms with Gasteiger partial charge in [-0.25, -0.2) is 9.97 Å². The molecule has 3 heterocycles. The van der Waals surface area contributed by atoms with Crippen molar-refractivity contribution >= 4 is 27.4 Å². The molecule has 5 heteroatoms. The number of anilines is 1. The molecule has 102 valence electrons. The first-order chi connectivity index (χ1) is 9.36. The van der Waals surface area contributed by atoms with Gasteiger partial charge in [-0.15, -0.1) is 11.3 Å². The van der Waals surface area contributed by atoms with Crippen LogP contribution in [-0.2, 0) is 0 Å². The lowest BCUT2D eigenvalue weighted by atomic mass is 10.0. The van der Waals surface area contributed by atoms with Crippen LogP contribution in [0.15, 0.2) is 17.8 Å². The number of aromatic nitrogens is 2. The Labute approximate surface area is 117 Å². The van der Waals surface area contributed by atoms with Gasteiger partial charge in [-0.05, 0) is 37.3 Å². The van der Waals surface area contributed by atoms with E-state index in [2.05, 4.69) is 38.6 Å². The van der Waals surface area contributed by atoms with Crippen LogP contribution in [0, 0.1) is 0 Å². The number of nitrogens with zero attached hydrogens (tertiary/aromatic N) is 3. The zero-order valence-corrected chi connectivity index (χ0v) is 12.1. The smallest absolute Gasteiger partial charge is 0.138 e. The summed E-state index contributed by atoms with van der Waals surface area (Å²) in [5, 5.41) is 6.84. The maximum Gasteiger partial charge on any atom is 0.138 e. The van der Waals surface area contributed by atoms with Crippen LogP contribution in [0.5, 0.6) is 0 Å². The van der Waals surface area contributed by atoms with Crippen LogP contribution >= 0.6 is 11.3 Å². The minimum absolute atomic E-state index is 0.547. The van der Waals surface area contributed by atoms with E-state index in [1.54, 1.807) is 17.7 Å². The first-order valence-electron chi connectivity index (χ1n) is 7.04. The number of nitrogens with one attached hydrogen (secondary N) is 1. The quantitative estimate of drug-likeness (QED) is 0.932. The van der Waals surface area contributed by atoms with Crippen molar-refractivity contribution in [2.24, 2.45) is 0 Å². The molecule has 1 N–H and O–H groups in total. The van der Waals surface area contributed by atoms with Crippen molar-refractivity contribution in [3.8, 4) is 0 Å². The van der Waals surface area contributed by atoms with E-state index in [-0.39, 0.29) is 0 Å². The third kappa shape index (κ3) is 2.87. The minimum atomic E-state index is 0.547. The molecule has 0 radical (unpaired) electrons. The van der Waals surface area contributed by atoms with Crippen LogP contribution in [0.1, 0.15) is 26.2 Å². The van der Waals surface area contributed by atoms with Crippen molar-refractivity contribution in [1.29, 1.82) is 0 Å². The number of hydrogen-bond acceptors (Lipinski definition) is 5. The number of rotatable bonds is 4. The summed E-state index contributed by atoms with van der Waals surface area (Å²) in [4.78, 5) is 12.3. The summed E-state index contributed by atoms with van der Waals surface area (Å²) in [6.07, 6.45) is 5.32. The molecule has 19 heavy (non-hydrogen) atoms. The van der Waals surface area contributed by atoms with Crippen LogP contribution in [0.2, 0.25) is 0 Å². The highest BCUT2D eigenvalue weighted by molar-refractivity contribution is 7.16. The molecule has 0 aliphatic carbocycles. The van der Waals surface area contributed by atoms with Gasteiger partial charge in [-0.3, -0.25) is 0 Å². The maximum atomic E-state index is 4.40. The van der Waals surface area contributed by atoms with Crippen molar-refractivity contribution in [3.63, 3.8) is 0 Å². The molecule has 1 aliphatic rings. The summed E-state index contributed by atoms with van der Waals surface area (Å²) in [5.74, 6) is 1.00. The van der Waals surface area contributed by atoms with Crippen LogP contribution < -0.4 is 5.32 Å². The Morgan fingerprint density at radius 3 is 3.00 bits per heavy atom.